The fourth-order valence-electron chi connectivity index (χ4n) is 2.36. The topological polar surface area (TPSA) is 35.9 Å². The van der Waals surface area contributed by atoms with Crippen molar-refractivity contribution in [1.29, 1.82) is 0 Å². The number of hydrogen-bond acceptors (Lipinski definition) is 3. The van der Waals surface area contributed by atoms with Crippen LogP contribution in [0, 0.1) is 5.82 Å². The molecule has 0 unspecified atom stereocenters. The zero-order chi connectivity index (χ0) is 16.4. The third kappa shape index (κ3) is 2.99. The fourth-order valence-corrected chi connectivity index (χ4v) is 2.36. The van der Waals surface area contributed by atoms with E-state index in [1.165, 1.54) is 29.3 Å². The maximum Gasteiger partial charge on any atom is 0.282 e. The second kappa shape index (κ2) is 6.04. The van der Waals surface area contributed by atoms with Gasteiger partial charge in [0.2, 0.25) is 0 Å². The Bertz CT molecular complexity index is 780. The van der Waals surface area contributed by atoms with E-state index >= 15 is 0 Å². The van der Waals surface area contributed by atoms with Crippen LogP contribution in [0.3, 0.4) is 0 Å². The van der Waals surface area contributed by atoms with Crippen LogP contribution in [-0.2, 0) is 4.79 Å². The number of benzene rings is 2. The van der Waals surface area contributed by atoms with Crippen molar-refractivity contribution in [2.75, 3.05) is 19.1 Å². The summed E-state index contributed by atoms with van der Waals surface area (Å²) in [6.07, 6.45) is 1.75. The van der Waals surface area contributed by atoms with Crippen LogP contribution in [0.15, 0.2) is 71.5 Å². The smallest absolute Gasteiger partial charge is 0.282 e. The molecule has 0 spiro atoms. The first kappa shape index (κ1) is 15.0. The highest BCUT2D eigenvalue weighted by Gasteiger charge is 2.32. The Morgan fingerprint density at radius 1 is 1.04 bits per heavy atom. The lowest BCUT2D eigenvalue weighted by molar-refractivity contribution is -0.114. The number of hydrogen-bond donors (Lipinski definition) is 0. The van der Waals surface area contributed by atoms with Crippen LogP contribution in [-0.4, -0.2) is 30.6 Å². The molecule has 0 atom stereocenters. The molecule has 0 saturated carbocycles. The Morgan fingerprint density at radius 2 is 1.70 bits per heavy atom. The summed E-state index contributed by atoms with van der Waals surface area (Å²) in [6, 6.07) is 15.2. The monoisotopic (exact) mass is 309 g/mol. The maximum absolute atomic E-state index is 13.1. The molecule has 5 heteroatoms. The Morgan fingerprint density at radius 3 is 2.30 bits per heavy atom. The van der Waals surface area contributed by atoms with E-state index in [0.29, 0.717) is 17.0 Å². The van der Waals surface area contributed by atoms with Crippen molar-refractivity contribution < 1.29 is 9.18 Å². The molecule has 2 aromatic rings. The zero-order valence-electron chi connectivity index (χ0n) is 12.9. The molecule has 1 amide bonds. The van der Waals surface area contributed by atoms with E-state index < -0.39 is 0 Å². The number of anilines is 1. The van der Waals surface area contributed by atoms with Crippen LogP contribution in [0.25, 0.3) is 0 Å². The molecular formula is C18H16FN3O. The molecule has 1 aliphatic rings. The second-order valence-electron chi connectivity index (χ2n) is 5.41. The third-order valence-corrected chi connectivity index (χ3v) is 3.38. The van der Waals surface area contributed by atoms with Gasteiger partial charge in [-0.3, -0.25) is 4.79 Å². The Kier molecular flexibility index (Phi) is 3.93. The van der Waals surface area contributed by atoms with Crippen molar-refractivity contribution in [2.24, 2.45) is 5.10 Å². The number of rotatable bonds is 3. The standard InChI is InChI=1S/C18H16FN3O/c1-21(2)12-16-17(13-6-4-3-5-7-13)20-22(18(16)23)15-10-8-14(19)9-11-15/h3-12H,1-2H3/b16-12+. The second-order valence-corrected chi connectivity index (χ2v) is 5.41. The van der Waals surface area contributed by atoms with Crippen molar-refractivity contribution in [3.8, 4) is 0 Å². The van der Waals surface area contributed by atoms with Crippen LogP contribution < -0.4 is 5.01 Å². The molecule has 1 heterocycles. The Labute approximate surface area is 134 Å². The van der Waals surface area contributed by atoms with E-state index in [1.54, 1.807) is 11.1 Å². The summed E-state index contributed by atoms with van der Waals surface area (Å²) in [5, 5.41) is 5.76. The lowest BCUT2D eigenvalue weighted by atomic mass is 10.0. The minimum absolute atomic E-state index is 0.232. The summed E-state index contributed by atoms with van der Waals surface area (Å²) in [7, 11) is 3.70. The molecule has 2 aromatic carbocycles. The van der Waals surface area contributed by atoms with Gasteiger partial charge < -0.3 is 4.90 Å². The average Bonchev–Trinajstić information content (AvgIpc) is 2.86. The summed E-state index contributed by atoms with van der Waals surface area (Å²) in [5.41, 5.74) is 2.50. The third-order valence-electron chi connectivity index (χ3n) is 3.38. The summed E-state index contributed by atoms with van der Waals surface area (Å²) < 4.78 is 13.1. The Hall–Kier alpha value is -2.95. The van der Waals surface area contributed by atoms with Crippen LogP contribution in [0.4, 0.5) is 10.1 Å². The van der Waals surface area contributed by atoms with Crippen LogP contribution >= 0.6 is 0 Å². The molecule has 0 aromatic heterocycles. The van der Waals surface area contributed by atoms with Crippen LogP contribution in [0.1, 0.15) is 5.56 Å². The van der Waals surface area contributed by atoms with E-state index in [2.05, 4.69) is 5.10 Å². The van der Waals surface area contributed by atoms with Gasteiger partial charge in [-0.25, -0.2) is 4.39 Å². The van der Waals surface area contributed by atoms with E-state index in [4.69, 9.17) is 0 Å². The number of halogens is 1. The highest BCUT2D eigenvalue weighted by atomic mass is 19.1. The molecule has 1 aliphatic heterocycles. The van der Waals surface area contributed by atoms with Gasteiger partial charge >= 0.3 is 0 Å². The van der Waals surface area contributed by atoms with Crippen molar-refractivity contribution in [3.05, 3.63) is 77.8 Å². The predicted molar refractivity (Wildman–Crippen MR) is 88.6 cm³/mol. The largest absolute Gasteiger partial charge is 0.383 e. The Balaban J connectivity index is 2.08. The van der Waals surface area contributed by atoms with E-state index in [9.17, 15) is 9.18 Å². The normalized spacial score (nSPS) is 16.0. The molecule has 0 bridgehead atoms. The van der Waals surface area contributed by atoms with E-state index in [-0.39, 0.29) is 11.7 Å². The fraction of sp³-hybridized carbons (Fsp3) is 0.111. The summed E-state index contributed by atoms with van der Waals surface area (Å²) in [5.74, 6) is -0.583. The first-order valence-electron chi connectivity index (χ1n) is 7.19. The molecule has 0 aliphatic carbocycles. The van der Waals surface area contributed by atoms with Crippen molar-refractivity contribution in [2.45, 2.75) is 0 Å². The van der Waals surface area contributed by atoms with Crippen LogP contribution in [0.2, 0.25) is 0 Å². The first-order valence-corrected chi connectivity index (χ1v) is 7.19. The molecule has 0 N–H and O–H groups in total. The number of nitrogens with zero attached hydrogens (tertiary/aromatic N) is 3. The molecule has 3 rings (SSSR count). The van der Waals surface area contributed by atoms with Crippen molar-refractivity contribution >= 4 is 17.3 Å². The average molecular weight is 309 g/mol. The van der Waals surface area contributed by atoms with Gasteiger partial charge in [-0.15, -0.1) is 0 Å². The van der Waals surface area contributed by atoms with Gasteiger partial charge in [0.25, 0.3) is 5.91 Å². The molecule has 0 fully saturated rings. The van der Waals surface area contributed by atoms with Gasteiger partial charge in [0, 0.05) is 25.9 Å². The quantitative estimate of drug-likeness (QED) is 0.817. The minimum Gasteiger partial charge on any atom is -0.383 e. The van der Waals surface area contributed by atoms with Crippen LogP contribution in [0.5, 0.6) is 0 Å². The maximum atomic E-state index is 13.1. The summed E-state index contributed by atoms with van der Waals surface area (Å²) in [6.45, 7) is 0. The van der Waals surface area contributed by atoms with Crippen molar-refractivity contribution in [3.63, 3.8) is 0 Å². The highest BCUT2D eigenvalue weighted by Crippen LogP contribution is 2.26. The van der Waals surface area contributed by atoms with E-state index in [0.717, 1.165) is 5.56 Å². The number of amides is 1. The summed E-state index contributed by atoms with van der Waals surface area (Å²) in [4.78, 5) is 14.5. The van der Waals surface area contributed by atoms with Gasteiger partial charge in [0.1, 0.15) is 11.5 Å². The lowest BCUT2D eigenvalue weighted by Crippen LogP contribution is -2.22. The molecule has 0 saturated heterocycles. The molecular weight excluding hydrogens is 293 g/mol. The zero-order valence-corrected chi connectivity index (χ0v) is 12.9. The molecule has 23 heavy (non-hydrogen) atoms. The summed E-state index contributed by atoms with van der Waals surface area (Å²) >= 11 is 0. The van der Waals surface area contributed by atoms with E-state index in [1.807, 2.05) is 44.4 Å². The van der Waals surface area contributed by atoms with Gasteiger partial charge in [-0.2, -0.15) is 10.1 Å². The molecule has 0 radical (unpaired) electrons. The number of carbonyl (C=O) groups is 1. The van der Waals surface area contributed by atoms with Gasteiger partial charge in [-0.1, -0.05) is 30.3 Å². The number of carbonyl (C=O) groups excluding carboxylic acids is 1. The molecule has 4 nitrogen and oxygen atoms in total. The SMILES string of the molecule is CN(C)/C=C1/C(=O)N(c2ccc(F)cc2)N=C1c1ccccc1. The first-order chi connectivity index (χ1) is 11.1. The molecule has 116 valence electrons. The van der Waals surface area contributed by atoms with Gasteiger partial charge in [0.15, 0.2) is 0 Å². The van der Waals surface area contributed by atoms with Gasteiger partial charge in [0.05, 0.1) is 11.3 Å². The van der Waals surface area contributed by atoms with Gasteiger partial charge in [-0.05, 0) is 24.3 Å². The minimum atomic E-state index is -0.350. The van der Waals surface area contributed by atoms with Crippen molar-refractivity contribution in [1.82, 2.24) is 4.90 Å². The number of hydrazone groups is 1. The highest BCUT2D eigenvalue weighted by molar-refractivity contribution is 6.35. The lowest BCUT2D eigenvalue weighted by Gasteiger charge is -2.12. The predicted octanol–water partition coefficient (Wildman–Crippen LogP) is 3.02.